The molecule has 0 bridgehead atoms. The van der Waals surface area contributed by atoms with Crippen LogP contribution < -0.4 is 0 Å². The van der Waals surface area contributed by atoms with E-state index in [1.54, 1.807) is 0 Å². The van der Waals surface area contributed by atoms with Crippen LogP contribution in [0.25, 0.3) is 11.1 Å². The van der Waals surface area contributed by atoms with Gasteiger partial charge >= 0.3 is 0 Å². The zero-order chi connectivity index (χ0) is 16.8. The maximum Gasteiger partial charge on any atom is 0.123 e. The first-order chi connectivity index (χ1) is 11.1. The summed E-state index contributed by atoms with van der Waals surface area (Å²) in [6.45, 7) is 8.91. The van der Waals surface area contributed by atoms with Gasteiger partial charge < -0.3 is 5.11 Å². The van der Waals surface area contributed by atoms with E-state index in [0.717, 1.165) is 37.7 Å². The molecule has 0 aliphatic rings. The third-order valence-electron chi connectivity index (χ3n) is 4.78. The van der Waals surface area contributed by atoms with Crippen LogP contribution in [0.15, 0.2) is 36.4 Å². The molecule has 0 spiro atoms. The van der Waals surface area contributed by atoms with Crippen molar-refractivity contribution in [2.45, 2.75) is 65.7 Å². The van der Waals surface area contributed by atoms with Gasteiger partial charge in [0.2, 0.25) is 0 Å². The van der Waals surface area contributed by atoms with Gasteiger partial charge in [-0.15, -0.1) is 0 Å². The molecule has 0 aliphatic heterocycles. The quantitative estimate of drug-likeness (QED) is 0.620. The average Bonchev–Trinajstić information content (AvgIpc) is 2.56. The third kappa shape index (κ3) is 3.77. The lowest BCUT2D eigenvalue weighted by Gasteiger charge is -2.21. The van der Waals surface area contributed by atoms with Crippen LogP contribution in [0.1, 0.15) is 69.6 Å². The van der Waals surface area contributed by atoms with E-state index < -0.39 is 0 Å². The van der Waals surface area contributed by atoms with Crippen molar-refractivity contribution in [1.82, 2.24) is 0 Å². The Kier molecular flexibility index (Phi) is 6.27. The highest BCUT2D eigenvalue weighted by atomic mass is 16.3. The van der Waals surface area contributed by atoms with Gasteiger partial charge in [-0.25, -0.2) is 0 Å². The second kappa shape index (κ2) is 8.19. The van der Waals surface area contributed by atoms with E-state index in [9.17, 15) is 5.11 Å². The SMILES string of the molecule is CCCc1cccc(-c2c(O)cccc2C(C)CC)c1CCC. The highest BCUT2D eigenvalue weighted by Gasteiger charge is 2.18. The fourth-order valence-corrected chi connectivity index (χ4v) is 3.40. The minimum absolute atomic E-state index is 0.411. The maximum atomic E-state index is 10.6. The van der Waals surface area contributed by atoms with Crippen LogP contribution in [0, 0.1) is 0 Å². The predicted octanol–water partition coefficient (Wildman–Crippen LogP) is 6.48. The van der Waals surface area contributed by atoms with Gasteiger partial charge in [-0.2, -0.15) is 0 Å². The smallest absolute Gasteiger partial charge is 0.123 e. The molecular weight excluding hydrogens is 280 g/mol. The van der Waals surface area contributed by atoms with Crippen molar-refractivity contribution in [3.63, 3.8) is 0 Å². The summed E-state index contributed by atoms with van der Waals surface area (Å²) in [5.41, 5.74) is 6.39. The Morgan fingerprint density at radius 1 is 0.913 bits per heavy atom. The summed E-state index contributed by atoms with van der Waals surface area (Å²) in [6.07, 6.45) is 5.53. The van der Waals surface area contributed by atoms with Gasteiger partial charge in [0.05, 0.1) is 0 Å². The van der Waals surface area contributed by atoms with E-state index in [1.165, 1.54) is 22.3 Å². The van der Waals surface area contributed by atoms with Crippen molar-refractivity contribution >= 4 is 0 Å². The molecule has 2 aromatic rings. The Hall–Kier alpha value is -1.76. The Bertz CT molecular complexity index is 642. The number of rotatable bonds is 7. The van der Waals surface area contributed by atoms with E-state index in [4.69, 9.17) is 0 Å². The molecule has 1 unspecified atom stereocenters. The summed E-state index contributed by atoms with van der Waals surface area (Å²) in [7, 11) is 0. The number of aryl methyl sites for hydroxylation is 1. The number of aromatic hydroxyl groups is 1. The van der Waals surface area contributed by atoms with Gasteiger partial charge in [-0.3, -0.25) is 0 Å². The van der Waals surface area contributed by atoms with Crippen molar-refractivity contribution in [2.24, 2.45) is 0 Å². The molecule has 1 nitrogen and oxygen atoms in total. The topological polar surface area (TPSA) is 20.2 Å². The summed E-state index contributed by atoms with van der Waals surface area (Å²) < 4.78 is 0. The molecule has 1 heteroatoms. The highest BCUT2D eigenvalue weighted by Crippen LogP contribution is 2.40. The molecule has 0 saturated carbocycles. The summed E-state index contributed by atoms with van der Waals surface area (Å²) in [4.78, 5) is 0. The first-order valence-corrected chi connectivity index (χ1v) is 9.06. The summed E-state index contributed by atoms with van der Waals surface area (Å²) >= 11 is 0. The second-order valence-corrected chi connectivity index (χ2v) is 6.49. The zero-order valence-electron chi connectivity index (χ0n) is 15.0. The number of hydrogen-bond donors (Lipinski definition) is 1. The molecule has 1 N–H and O–H groups in total. The molecule has 0 amide bonds. The molecule has 0 radical (unpaired) electrons. The van der Waals surface area contributed by atoms with Gasteiger partial charge in [0.25, 0.3) is 0 Å². The summed E-state index contributed by atoms with van der Waals surface area (Å²) in [6, 6.07) is 12.5. The largest absolute Gasteiger partial charge is 0.507 e. The monoisotopic (exact) mass is 310 g/mol. The molecule has 2 rings (SSSR count). The molecule has 0 aromatic heterocycles. The fourth-order valence-electron chi connectivity index (χ4n) is 3.40. The first-order valence-electron chi connectivity index (χ1n) is 9.06. The third-order valence-corrected chi connectivity index (χ3v) is 4.78. The lowest BCUT2D eigenvalue weighted by atomic mass is 9.84. The predicted molar refractivity (Wildman–Crippen MR) is 100 cm³/mol. The minimum Gasteiger partial charge on any atom is -0.507 e. The molecule has 124 valence electrons. The Balaban J connectivity index is 2.69. The fraction of sp³-hybridized carbons (Fsp3) is 0.455. The van der Waals surface area contributed by atoms with E-state index in [1.807, 2.05) is 12.1 Å². The van der Waals surface area contributed by atoms with Crippen LogP contribution in [0.2, 0.25) is 0 Å². The van der Waals surface area contributed by atoms with Crippen molar-refractivity contribution in [1.29, 1.82) is 0 Å². The van der Waals surface area contributed by atoms with Crippen LogP contribution in [0.3, 0.4) is 0 Å². The highest BCUT2D eigenvalue weighted by molar-refractivity contribution is 5.77. The molecule has 0 saturated heterocycles. The average molecular weight is 310 g/mol. The van der Waals surface area contributed by atoms with E-state index in [0.29, 0.717) is 11.7 Å². The normalized spacial score (nSPS) is 12.3. The van der Waals surface area contributed by atoms with Crippen LogP contribution >= 0.6 is 0 Å². The van der Waals surface area contributed by atoms with Crippen LogP contribution in [0.4, 0.5) is 0 Å². The van der Waals surface area contributed by atoms with Crippen LogP contribution in [0.5, 0.6) is 5.75 Å². The molecular formula is C22H30O. The second-order valence-electron chi connectivity index (χ2n) is 6.49. The van der Waals surface area contributed by atoms with E-state index >= 15 is 0 Å². The number of hydrogen-bond acceptors (Lipinski definition) is 1. The zero-order valence-corrected chi connectivity index (χ0v) is 15.0. The van der Waals surface area contributed by atoms with Crippen molar-refractivity contribution in [3.05, 3.63) is 53.1 Å². The lowest BCUT2D eigenvalue weighted by Crippen LogP contribution is -2.01. The first kappa shape index (κ1) is 17.6. The Morgan fingerprint density at radius 2 is 1.61 bits per heavy atom. The molecule has 0 aliphatic carbocycles. The lowest BCUT2D eigenvalue weighted by molar-refractivity contribution is 0.476. The van der Waals surface area contributed by atoms with Crippen molar-refractivity contribution in [2.75, 3.05) is 0 Å². The maximum absolute atomic E-state index is 10.6. The van der Waals surface area contributed by atoms with Gasteiger partial charge in [0.15, 0.2) is 0 Å². The standard InChI is InChI=1S/C22H30O/c1-5-10-17-12-8-14-20(19(17)11-6-2)22-18(16(4)7-3)13-9-15-21(22)23/h8-9,12-16,23H,5-7,10-11H2,1-4H3. The summed E-state index contributed by atoms with van der Waals surface area (Å²) in [5, 5.41) is 10.6. The molecule has 0 fully saturated rings. The van der Waals surface area contributed by atoms with Gasteiger partial charge in [-0.05, 0) is 53.5 Å². The van der Waals surface area contributed by atoms with Crippen molar-refractivity contribution < 1.29 is 5.11 Å². The van der Waals surface area contributed by atoms with Gasteiger partial charge in [0, 0.05) is 5.56 Å². The molecule has 2 aromatic carbocycles. The van der Waals surface area contributed by atoms with Crippen LogP contribution in [-0.4, -0.2) is 5.11 Å². The van der Waals surface area contributed by atoms with Gasteiger partial charge in [0.1, 0.15) is 5.75 Å². The summed E-state index contributed by atoms with van der Waals surface area (Å²) in [5.74, 6) is 0.857. The van der Waals surface area contributed by atoms with Crippen LogP contribution in [-0.2, 0) is 12.8 Å². The Labute approximate surface area is 141 Å². The van der Waals surface area contributed by atoms with E-state index in [-0.39, 0.29) is 0 Å². The minimum atomic E-state index is 0.411. The number of phenols is 1. The molecule has 23 heavy (non-hydrogen) atoms. The number of phenolic OH excluding ortho intramolecular Hbond substituents is 1. The van der Waals surface area contributed by atoms with E-state index in [2.05, 4.69) is 52.0 Å². The molecule has 1 atom stereocenters. The van der Waals surface area contributed by atoms with Crippen molar-refractivity contribution in [3.8, 4) is 16.9 Å². The number of benzene rings is 2. The Morgan fingerprint density at radius 3 is 2.26 bits per heavy atom. The molecule has 0 heterocycles. The van der Waals surface area contributed by atoms with Gasteiger partial charge in [-0.1, -0.05) is 70.9 Å².